The zero-order chi connectivity index (χ0) is 22.8. The molecule has 3 rings (SSSR count). The molecule has 180 valence electrons. The van der Waals surface area contributed by atoms with Crippen molar-refractivity contribution in [1.29, 1.82) is 0 Å². The number of nitrogens with one attached hydrogen (secondary N) is 3. The minimum absolute atomic E-state index is 0. The molecule has 0 saturated carbocycles. The second kappa shape index (κ2) is 13.9. The van der Waals surface area contributed by atoms with Crippen molar-refractivity contribution in [2.75, 3.05) is 45.2 Å². The first-order chi connectivity index (χ1) is 15.6. The van der Waals surface area contributed by atoms with Gasteiger partial charge in [0.05, 0.1) is 7.11 Å². The molecule has 7 nitrogen and oxygen atoms in total. The molecule has 0 radical (unpaired) electrons. The Labute approximate surface area is 214 Å². The van der Waals surface area contributed by atoms with Crippen LogP contribution in [0.25, 0.3) is 0 Å². The van der Waals surface area contributed by atoms with Crippen LogP contribution >= 0.6 is 24.0 Å². The third-order valence-electron chi connectivity index (χ3n) is 5.61. The summed E-state index contributed by atoms with van der Waals surface area (Å²) in [6.45, 7) is 5.50. The number of hydrogen-bond acceptors (Lipinski definition) is 4. The van der Waals surface area contributed by atoms with E-state index in [1.54, 1.807) is 14.2 Å². The van der Waals surface area contributed by atoms with Crippen LogP contribution in [0.1, 0.15) is 35.7 Å². The van der Waals surface area contributed by atoms with Gasteiger partial charge in [0.25, 0.3) is 5.91 Å². The minimum atomic E-state index is -0.0664. The summed E-state index contributed by atoms with van der Waals surface area (Å²) >= 11 is 0. The van der Waals surface area contributed by atoms with Crippen molar-refractivity contribution in [1.82, 2.24) is 16.0 Å². The van der Waals surface area contributed by atoms with Gasteiger partial charge in [0.1, 0.15) is 5.75 Å². The maximum absolute atomic E-state index is 11.8. The Morgan fingerprint density at radius 3 is 2.79 bits per heavy atom. The summed E-state index contributed by atoms with van der Waals surface area (Å²) in [5.41, 5.74) is 2.97. The molecule has 1 aliphatic heterocycles. The van der Waals surface area contributed by atoms with Crippen molar-refractivity contribution in [3.63, 3.8) is 0 Å². The van der Waals surface area contributed by atoms with E-state index >= 15 is 0 Å². The summed E-state index contributed by atoms with van der Waals surface area (Å²) in [6.07, 6.45) is 3.02. The average molecular weight is 566 g/mol. The summed E-state index contributed by atoms with van der Waals surface area (Å²) in [6, 6.07) is 16.3. The van der Waals surface area contributed by atoms with Gasteiger partial charge in [-0.1, -0.05) is 18.2 Å². The fourth-order valence-corrected chi connectivity index (χ4v) is 3.96. The number of halogens is 1. The molecule has 0 aromatic heterocycles. The van der Waals surface area contributed by atoms with Crippen molar-refractivity contribution >= 4 is 41.5 Å². The number of anilines is 1. The van der Waals surface area contributed by atoms with Crippen LogP contribution in [0.3, 0.4) is 0 Å². The van der Waals surface area contributed by atoms with Crippen molar-refractivity contribution < 1.29 is 9.53 Å². The maximum Gasteiger partial charge on any atom is 0.251 e. The van der Waals surface area contributed by atoms with Crippen LogP contribution in [0.4, 0.5) is 5.69 Å². The highest BCUT2D eigenvalue weighted by atomic mass is 127. The fourth-order valence-electron chi connectivity index (χ4n) is 3.96. The van der Waals surface area contributed by atoms with E-state index in [-0.39, 0.29) is 29.9 Å². The van der Waals surface area contributed by atoms with Gasteiger partial charge in [-0.15, -0.1) is 24.0 Å². The SMILES string of the molecule is CCNC(=NCCc1cccc(C(=O)NC)c1)NC1CCCN(c2cccc(OC)c2)C1.I. The predicted molar refractivity (Wildman–Crippen MR) is 146 cm³/mol. The second-order valence-corrected chi connectivity index (χ2v) is 7.92. The molecule has 3 N–H and O–H groups in total. The molecule has 1 amide bonds. The van der Waals surface area contributed by atoms with E-state index in [2.05, 4.69) is 39.9 Å². The molecule has 1 fully saturated rings. The molecule has 8 heteroatoms. The molecular formula is C25H36IN5O2. The number of rotatable bonds is 8. The highest BCUT2D eigenvalue weighted by Gasteiger charge is 2.21. The molecule has 1 saturated heterocycles. The highest BCUT2D eigenvalue weighted by molar-refractivity contribution is 14.0. The zero-order valence-corrected chi connectivity index (χ0v) is 22.1. The average Bonchev–Trinajstić information content (AvgIpc) is 2.84. The van der Waals surface area contributed by atoms with Crippen LogP contribution in [-0.2, 0) is 6.42 Å². The molecule has 33 heavy (non-hydrogen) atoms. The lowest BCUT2D eigenvalue weighted by Crippen LogP contribution is -2.51. The monoisotopic (exact) mass is 565 g/mol. The smallest absolute Gasteiger partial charge is 0.251 e. The van der Waals surface area contributed by atoms with Crippen LogP contribution in [0.5, 0.6) is 5.75 Å². The number of amides is 1. The number of nitrogens with zero attached hydrogens (tertiary/aromatic N) is 2. The lowest BCUT2D eigenvalue weighted by Gasteiger charge is -2.35. The quantitative estimate of drug-likeness (QED) is 0.260. The molecule has 2 aromatic rings. The number of carbonyl (C=O) groups is 1. The van der Waals surface area contributed by atoms with E-state index in [0.717, 1.165) is 56.2 Å². The molecular weight excluding hydrogens is 529 g/mol. The van der Waals surface area contributed by atoms with Crippen LogP contribution < -0.4 is 25.6 Å². The van der Waals surface area contributed by atoms with Gasteiger partial charge in [-0.2, -0.15) is 0 Å². The first-order valence-electron chi connectivity index (χ1n) is 11.4. The van der Waals surface area contributed by atoms with Gasteiger partial charge in [-0.3, -0.25) is 9.79 Å². The molecule has 0 bridgehead atoms. The second-order valence-electron chi connectivity index (χ2n) is 7.92. The molecule has 1 unspecified atom stereocenters. The number of aliphatic imine (C=N–C) groups is 1. The fraction of sp³-hybridized carbons (Fsp3) is 0.440. The van der Waals surface area contributed by atoms with Crippen LogP contribution in [-0.4, -0.2) is 58.2 Å². The summed E-state index contributed by atoms with van der Waals surface area (Å²) in [7, 11) is 3.35. The Balaban J connectivity index is 0.00000385. The van der Waals surface area contributed by atoms with E-state index in [9.17, 15) is 4.79 Å². The van der Waals surface area contributed by atoms with Crippen molar-refractivity contribution in [3.05, 3.63) is 59.7 Å². The first-order valence-corrected chi connectivity index (χ1v) is 11.4. The summed E-state index contributed by atoms with van der Waals surface area (Å²) in [5.74, 6) is 1.66. The maximum atomic E-state index is 11.8. The molecule has 2 aromatic carbocycles. The Morgan fingerprint density at radius 2 is 2.03 bits per heavy atom. The standard InChI is InChI=1S/C25H35N5O2.HI/c1-4-27-25(28-14-13-19-8-5-9-20(16-19)24(31)26-2)29-21-10-7-15-30(18-21)22-11-6-12-23(17-22)32-3;/h5-6,8-9,11-12,16-17,21H,4,7,10,13-15,18H2,1-3H3,(H,26,31)(H2,27,28,29);1H. The number of piperidine rings is 1. The lowest BCUT2D eigenvalue weighted by molar-refractivity contribution is 0.0963. The van der Waals surface area contributed by atoms with Gasteiger partial charge < -0.3 is 25.6 Å². The number of carbonyl (C=O) groups excluding carboxylic acids is 1. The van der Waals surface area contributed by atoms with Gasteiger partial charge in [-0.25, -0.2) is 0 Å². The van der Waals surface area contributed by atoms with Gasteiger partial charge >= 0.3 is 0 Å². The van der Waals surface area contributed by atoms with E-state index in [1.165, 1.54) is 5.69 Å². The van der Waals surface area contributed by atoms with Crippen LogP contribution in [0, 0.1) is 0 Å². The number of hydrogen-bond donors (Lipinski definition) is 3. The topological polar surface area (TPSA) is 78.0 Å². The first kappa shape index (κ1) is 26.8. The number of guanidine groups is 1. The molecule has 0 aliphatic carbocycles. The van der Waals surface area contributed by atoms with Crippen molar-refractivity contribution in [2.45, 2.75) is 32.2 Å². The van der Waals surface area contributed by atoms with Gasteiger partial charge in [-0.05, 0) is 56.0 Å². The third kappa shape index (κ3) is 8.10. The molecule has 1 heterocycles. The zero-order valence-electron chi connectivity index (χ0n) is 19.8. The van der Waals surface area contributed by atoms with E-state index in [4.69, 9.17) is 9.73 Å². The van der Waals surface area contributed by atoms with Crippen molar-refractivity contribution in [2.24, 2.45) is 4.99 Å². The highest BCUT2D eigenvalue weighted by Crippen LogP contribution is 2.24. The number of methoxy groups -OCH3 is 1. The molecule has 0 spiro atoms. The largest absolute Gasteiger partial charge is 0.497 e. The lowest BCUT2D eigenvalue weighted by atomic mass is 10.0. The Hall–Kier alpha value is -2.49. The summed E-state index contributed by atoms with van der Waals surface area (Å²) in [5, 5.41) is 9.65. The molecule has 1 atom stereocenters. The minimum Gasteiger partial charge on any atom is -0.497 e. The Morgan fingerprint density at radius 1 is 1.21 bits per heavy atom. The van der Waals surface area contributed by atoms with E-state index < -0.39 is 0 Å². The molecule has 1 aliphatic rings. The summed E-state index contributed by atoms with van der Waals surface area (Å²) in [4.78, 5) is 19.0. The third-order valence-corrected chi connectivity index (χ3v) is 5.61. The Bertz CT molecular complexity index is 921. The number of ether oxygens (including phenoxy) is 1. The van der Waals surface area contributed by atoms with Gasteiger partial charge in [0.2, 0.25) is 0 Å². The van der Waals surface area contributed by atoms with E-state index in [0.29, 0.717) is 18.2 Å². The van der Waals surface area contributed by atoms with Crippen molar-refractivity contribution in [3.8, 4) is 5.75 Å². The van der Waals surface area contributed by atoms with Crippen LogP contribution in [0.15, 0.2) is 53.5 Å². The predicted octanol–water partition coefficient (Wildman–Crippen LogP) is 3.44. The summed E-state index contributed by atoms with van der Waals surface area (Å²) < 4.78 is 5.38. The normalized spacial score (nSPS) is 15.9. The van der Waals surface area contributed by atoms with Gasteiger partial charge in [0.15, 0.2) is 5.96 Å². The van der Waals surface area contributed by atoms with Crippen LogP contribution in [0.2, 0.25) is 0 Å². The van der Waals surface area contributed by atoms with Gasteiger partial charge in [0, 0.05) is 56.6 Å². The number of benzene rings is 2. The Kier molecular flexibility index (Phi) is 11.3. The van der Waals surface area contributed by atoms with E-state index in [1.807, 2.05) is 36.4 Å².